The lowest BCUT2D eigenvalue weighted by molar-refractivity contribution is 0.433. The second-order valence-electron chi connectivity index (χ2n) is 4.16. The van der Waals surface area contributed by atoms with E-state index in [0.717, 1.165) is 26.2 Å². The van der Waals surface area contributed by atoms with Crippen molar-refractivity contribution in [2.24, 2.45) is 5.84 Å². The number of fused-ring (bicyclic) bond motifs is 1. The van der Waals surface area contributed by atoms with Crippen LogP contribution in [0.4, 0.5) is 0 Å². The summed E-state index contributed by atoms with van der Waals surface area (Å²) in [5, 5.41) is 4.05. The molecule has 0 aliphatic rings. The van der Waals surface area contributed by atoms with Crippen molar-refractivity contribution in [1.82, 2.24) is 10.4 Å². The summed E-state index contributed by atoms with van der Waals surface area (Å²) in [5.74, 6) is 6.46. The van der Waals surface area contributed by atoms with E-state index in [1.54, 1.807) is 17.5 Å². The van der Waals surface area contributed by atoms with E-state index in [1.807, 2.05) is 29.6 Å². The topological polar surface area (TPSA) is 64.1 Å². The Bertz CT molecular complexity index is 680. The standard InChI is InChI=1S/C13H12BrN3OS/c14-9-3-1-2-8-6-11(18-13(8)9)10(17-15)7-12-16-4-5-19-12/h1-6,10,17H,7,15H2. The summed E-state index contributed by atoms with van der Waals surface area (Å²) in [4.78, 5) is 4.27. The second kappa shape index (κ2) is 5.42. The van der Waals surface area contributed by atoms with Crippen LogP contribution in [0.15, 0.2) is 44.7 Å². The maximum Gasteiger partial charge on any atom is 0.148 e. The maximum absolute atomic E-state index is 5.89. The van der Waals surface area contributed by atoms with Gasteiger partial charge in [0.25, 0.3) is 0 Å². The molecule has 3 rings (SSSR count). The molecule has 0 spiro atoms. The van der Waals surface area contributed by atoms with Crippen molar-refractivity contribution in [1.29, 1.82) is 0 Å². The van der Waals surface area contributed by atoms with Gasteiger partial charge in [-0.05, 0) is 28.1 Å². The molecule has 0 saturated heterocycles. The third kappa shape index (κ3) is 2.57. The van der Waals surface area contributed by atoms with Gasteiger partial charge in [0.1, 0.15) is 11.3 Å². The number of rotatable bonds is 4. The molecule has 0 fully saturated rings. The molecular formula is C13H12BrN3OS. The molecule has 2 aromatic heterocycles. The molecule has 0 bridgehead atoms. The number of hydrogen-bond donors (Lipinski definition) is 2. The number of hydrogen-bond acceptors (Lipinski definition) is 5. The minimum atomic E-state index is -0.0783. The summed E-state index contributed by atoms with van der Waals surface area (Å²) in [6.07, 6.45) is 2.51. The van der Waals surface area contributed by atoms with Crippen molar-refractivity contribution in [2.45, 2.75) is 12.5 Å². The van der Waals surface area contributed by atoms with Gasteiger partial charge in [0.15, 0.2) is 0 Å². The predicted octanol–water partition coefficient (Wildman–Crippen LogP) is 3.40. The van der Waals surface area contributed by atoms with Gasteiger partial charge < -0.3 is 4.42 Å². The Labute approximate surface area is 122 Å². The lowest BCUT2D eigenvalue weighted by atomic mass is 10.1. The number of aromatic nitrogens is 1. The fraction of sp³-hybridized carbons (Fsp3) is 0.154. The van der Waals surface area contributed by atoms with E-state index in [1.165, 1.54) is 0 Å². The van der Waals surface area contributed by atoms with E-state index in [9.17, 15) is 0 Å². The van der Waals surface area contributed by atoms with Crippen LogP contribution in [0.2, 0.25) is 0 Å². The predicted molar refractivity (Wildman–Crippen MR) is 79.8 cm³/mol. The number of thiazole rings is 1. The molecule has 0 amide bonds. The summed E-state index contributed by atoms with van der Waals surface area (Å²) in [6, 6.07) is 7.89. The smallest absolute Gasteiger partial charge is 0.148 e. The molecule has 0 aliphatic carbocycles. The molecule has 0 radical (unpaired) electrons. The maximum atomic E-state index is 5.89. The molecule has 1 unspecified atom stereocenters. The Hall–Kier alpha value is -1.21. The van der Waals surface area contributed by atoms with E-state index in [4.69, 9.17) is 10.3 Å². The summed E-state index contributed by atoms with van der Waals surface area (Å²) < 4.78 is 6.83. The third-order valence-corrected chi connectivity index (χ3v) is 4.35. The van der Waals surface area contributed by atoms with Crippen LogP contribution in [-0.2, 0) is 6.42 Å². The van der Waals surface area contributed by atoms with Crippen molar-refractivity contribution in [3.05, 3.63) is 51.1 Å². The Morgan fingerprint density at radius 3 is 3.05 bits per heavy atom. The van der Waals surface area contributed by atoms with Crippen LogP contribution < -0.4 is 11.3 Å². The Kier molecular flexibility index (Phi) is 3.65. The van der Waals surface area contributed by atoms with Gasteiger partial charge in [-0.2, -0.15) is 0 Å². The first-order valence-electron chi connectivity index (χ1n) is 5.80. The Morgan fingerprint density at radius 1 is 1.47 bits per heavy atom. The van der Waals surface area contributed by atoms with Crippen LogP contribution in [0.5, 0.6) is 0 Å². The third-order valence-electron chi connectivity index (χ3n) is 2.92. The van der Waals surface area contributed by atoms with Crippen LogP contribution >= 0.6 is 27.3 Å². The first kappa shape index (κ1) is 12.8. The highest BCUT2D eigenvalue weighted by Crippen LogP contribution is 2.30. The van der Waals surface area contributed by atoms with Gasteiger partial charge in [0.2, 0.25) is 0 Å². The van der Waals surface area contributed by atoms with Gasteiger partial charge in [0, 0.05) is 23.4 Å². The number of furan rings is 1. The van der Waals surface area contributed by atoms with Crippen LogP contribution in [-0.4, -0.2) is 4.98 Å². The quantitative estimate of drug-likeness (QED) is 0.565. The van der Waals surface area contributed by atoms with Crippen molar-refractivity contribution >= 4 is 38.2 Å². The first-order chi connectivity index (χ1) is 9.28. The van der Waals surface area contributed by atoms with Gasteiger partial charge in [-0.3, -0.25) is 5.84 Å². The van der Waals surface area contributed by atoms with Gasteiger partial charge in [-0.25, -0.2) is 10.4 Å². The Balaban J connectivity index is 1.95. The number of para-hydroxylation sites is 1. The van der Waals surface area contributed by atoms with Gasteiger partial charge in [-0.15, -0.1) is 11.3 Å². The fourth-order valence-corrected chi connectivity index (χ4v) is 3.12. The number of benzene rings is 1. The summed E-state index contributed by atoms with van der Waals surface area (Å²) in [5.41, 5.74) is 3.64. The lowest BCUT2D eigenvalue weighted by Gasteiger charge is -2.10. The van der Waals surface area contributed by atoms with Gasteiger partial charge in [0.05, 0.1) is 15.5 Å². The van der Waals surface area contributed by atoms with E-state index >= 15 is 0 Å². The number of nitrogens with one attached hydrogen (secondary N) is 1. The molecule has 4 nitrogen and oxygen atoms in total. The first-order valence-corrected chi connectivity index (χ1v) is 7.47. The zero-order valence-electron chi connectivity index (χ0n) is 9.97. The highest BCUT2D eigenvalue weighted by atomic mass is 79.9. The molecule has 6 heteroatoms. The lowest BCUT2D eigenvalue weighted by Crippen LogP contribution is -2.29. The normalized spacial score (nSPS) is 12.9. The molecule has 1 atom stereocenters. The van der Waals surface area contributed by atoms with E-state index in [2.05, 4.69) is 26.3 Å². The molecule has 19 heavy (non-hydrogen) atoms. The van der Waals surface area contributed by atoms with E-state index in [-0.39, 0.29) is 6.04 Å². The summed E-state index contributed by atoms with van der Waals surface area (Å²) in [6.45, 7) is 0. The number of halogens is 1. The number of nitrogens with two attached hydrogens (primary N) is 1. The highest BCUT2D eigenvalue weighted by molar-refractivity contribution is 9.10. The second-order valence-corrected chi connectivity index (χ2v) is 5.99. The highest BCUT2D eigenvalue weighted by Gasteiger charge is 2.17. The molecule has 0 saturated carbocycles. The van der Waals surface area contributed by atoms with Crippen LogP contribution in [0.25, 0.3) is 11.0 Å². The molecule has 98 valence electrons. The molecule has 3 aromatic rings. The van der Waals surface area contributed by atoms with Crippen molar-refractivity contribution in [3.8, 4) is 0 Å². The molecule has 0 aliphatic heterocycles. The summed E-state index contributed by atoms with van der Waals surface area (Å²) in [7, 11) is 0. The Morgan fingerprint density at radius 2 is 2.37 bits per heavy atom. The zero-order chi connectivity index (χ0) is 13.2. The van der Waals surface area contributed by atoms with Crippen LogP contribution in [0.3, 0.4) is 0 Å². The largest absolute Gasteiger partial charge is 0.458 e. The molecule has 2 heterocycles. The minimum absolute atomic E-state index is 0.0783. The fourth-order valence-electron chi connectivity index (χ4n) is 1.99. The molecular weight excluding hydrogens is 326 g/mol. The van der Waals surface area contributed by atoms with Gasteiger partial charge in [-0.1, -0.05) is 12.1 Å². The monoisotopic (exact) mass is 337 g/mol. The average molecular weight is 338 g/mol. The van der Waals surface area contributed by atoms with E-state index < -0.39 is 0 Å². The number of nitrogens with zero attached hydrogens (tertiary/aromatic N) is 1. The van der Waals surface area contributed by atoms with Crippen LogP contribution in [0, 0.1) is 0 Å². The molecule has 3 N–H and O–H groups in total. The minimum Gasteiger partial charge on any atom is -0.458 e. The summed E-state index contributed by atoms with van der Waals surface area (Å²) >= 11 is 5.10. The SMILES string of the molecule is NNC(Cc1nccs1)c1cc2cccc(Br)c2o1. The van der Waals surface area contributed by atoms with Crippen molar-refractivity contribution in [2.75, 3.05) is 0 Å². The molecule has 1 aromatic carbocycles. The zero-order valence-corrected chi connectivity index (χ0v) is 12.4. The van der Waals surface area contributed by atoms with Crippen molar-refractivity contribution in [3.63, 3.8) is 0 Å². The average Bonchev–Trinajstić information content (AvgIpc) is 3.05. The van der Waals surface area contributed by atoms with Gasteiger partial charge >= 0.3 is 0 Å². The van der Waals surface area contributed by atoms with E-state index in [0.29, 0.717) is 6.42 Å². The van der Waals surface area contributed by atoms with Crippen LogP contribution in [0.1, 0.15) is 16.8 Å². The van der Waals surface area contributed by atoms with Crippen molar-refractivity contribution < 1.29 is 4.42 Å². The number of hydrazine groups is 1.